The molecule has 2 aromatic carbocycles. The van der Waals surface area contributed by atoms with E-state index in [2.05, 4.69) is 16.5 Å². The van der Waals surface area contributed by atoms with Gasteiger partial charge in [-0.1, -0.05) is 36.4 Å². The van der Waals surface area contributed by atoms with Gasteiger partial charge in [-0.2, -0.15) is 13.5 Å². The van der Waals surface area contributed by atoms with Crippen LogP contribution in [0.25, 0.3) is 0 Å². The Morgan fingerprint density at radius 2 is 1.62 bits per heavy atom. The average molecular weight is 481 g/mol. The number of hydrogen-bond donors (Lipinski definition) is 3. The van der Waals surface area contributed by atoms with Gasteiger partial charge in [0.25, 0.3) is 10.0 Å². The molecule has 0 spiro atoms. The van der Waals surface area contributed by atoms with Crippen molar-refractivity contribution in [1.82, 2.24) is 14.5 Å². The van der Waals surface area contributed by atoms with E-state index in [0.29, 0.717) is 0 Å². The number of amides is 2. The number of nitrogens with one attached hydrogen (secondary N) is 2. The summed E-state index contributed by atoms with van der Waals surface area (Å²) in [4.78, 5) is 24.4. The Morgan fingerprint density at radius 3 is 2.24 bits per heavy atom. The van der Waals surface area contributed by atoms with Gasteiger partial charge in [0.05, 0.1) is 6.54 Å². The Bertz CT molecular complexity index is 1360. The van der Waals surface area contributed by atoms with E-state index in [1.54, 1.807) is 24.3 Å². The number of hydrogen-bond acceptors (Lipinski definition) is 5. The van der Waals surface area contributed by atoms with Crippen molar-refractivity contribution in [3.05, 3.63) is 76.0 Å². The first kappa shape index (κ1) is 22.1. The molecule has 3 N–H and O–H groups in total. The number of fused-ring (bicyclic) bond motifs is 2. The van der Waals surface area contributed by atoms with Gasteiger partial charge in [0.15, 0.2) is 5.03 Å². The second-order valence-corrected chi connectivity index (χ2v) is 10.2. The van der Waals surface area contributed by atoms with Crippen LogP contribution in [0, 0.1) is 0 Å². The lowest BCUT2D eigenvalue weighted by molar-refractivity contribution is 0.0684. The van der Waals surface area contributed by atoms with Gasteiger partial charge in [0.2, 0.25) is 0 Å². The number of carbonyl (C=O) groups excluding carboxylic acids is 1. The van der Waals surface area contributed by atoms with Crippen LogP contribution >= 0.6 is 0 Å². The van der Waals surface area contributed by atoms with E-state index >= 15 is 0 Å². The van der Waals surface area contributed by atoms with E-state index in [9.17, 15) is 23.1 Å². The zero-order valence-corrected chi connectivity index (χ0v) is 19.2. The monoisotopic (exact) mass is 480 g/mol. The van der Waals surface area contributed by atoms with Crippen LogP contribution < -0.4 is 10.0 Å². The van der Waals surface area contributed by atoms with Crippen LogP contribution in [0.5, 0.6) is 0 Å². The van der Waals surface area contributed by atoms with Gasteiger partial charge in [-0.05, 0) is 66.3 Å². The molecule has 0 fully saturated rings. The summed E-state index contributed by atoms with van der Waals surface area (Å²) in [6.45, 7) is 0.0759. The summed E-state index contributed by atoms with van der Waals surface area (Å²) < 4.78 is 28.9. The van der Waals surface area contributed by atoms with E-state index < -0.39 is 27.0 Å². The van der Waals surface area contributed by atoms with Gasteiger partial charge in [-0.25, -0.2) is 14.3 Å². The number of aromatic carboxylic acids is 1. The third-order valence-electron chi connectivity index (χ3n) is 6.37. The highest BCUT2D eigenvalue weighted by Crippen LogP contribution is 2.38. The minimum atomic E-state index is -4.39. The zero-order chi connectivity index (χ0) is 23.9. The molecule has 1 heterocycles. The van der Waals surface area contributed by atoms with Gasteiger partial charge in [0.1, 0.15) is 5.69 Å². The highest BCUT2D eigenvalue weighted by atomic mass is 32.2. The molecule has 0 bridgehead atoms. The van der Waals surface area contributed by atoms with Crippen molar-refractivity contribution < 1.29 is 23.1 Å². The van der Waals surface area contributed by atoms with E-state index in [-0.39, 0.29) is 12.2 Å². The van der Waals surface area contributed by atoms with Crippen LogP contribution in [0.1, 0.15) is 51.1 Å². The number of urea groups is 1. The maximum absolute atomic E-state index is 12.9. The lowest BCUT2D eigenvalue weighted by atomic mass is 9.99. The third-order valence-corrected chi connectivity index (χ3v) is 7.57. The second kappa shape index (κ2) is 8.60. The molecule has 34 heavy (non-hydrogen) atoms. The van der Waals surface area contributed by atoms with Gasteiger partial charge in [-0.15, -0.1) is 0 Å². The van der Waals surface area contributed by atoms with Crippen molar-refractivity contribution in [3.8, 4) is 0 Å². The van der Waals surface area contributed by atoms with Crippen molar-refractivity contribution in [3.63, 3.8) is 0 Å². The lowest BCUT2D eigenvalue weighted by Crippen LogP contribution is -2.35. The number of aromatic nitrogens is 2. The molecule has 3 aromatic rings. The predicted octanol–water partition coefficient (Wildman–Crippen LogP) is 3.12. The molecule has 1 aromatic heterocycles. The van der Waals surface area contributed by atoms with Crippen molar-refractivity contribution in [2.24, 2.45) is 0 Å². The van der Waals surface area contributed by atoms with Crippen LogP contribution in [-0.4, -0.2) is 35.3 Å². The largest absolute Gasteiger partial charge is 0.477 e. The first-order valence-electron chi connectivity index (χ1n) is 11.2. The molecular weight excluding hydrogens is 456 g/mol. The first-order valence-corrected chi connectivity index (χ1v) is 12.7. The smallest absolute Gasteiger partial charge is 0.354 e. The Balaban J connectivity index is 1.39. The van der Waals surface area contributed by atoms with Gasteiger partial charge >= 0.3 is 12.0 Å². The molecule has 0 saturated heterocycles. The molecule has 5 rings (SSSR count). The summed E-state index contributed by atoms with van der Waals surface area (Å²) in [6.07, 6.45) is 5.60. The van der Waals surface area contributed by atoms with Crippen LogP contribution in [0.4, 0.5) is 10.5 Å². The maximum Gasteiger partial charge on any atom is 0.354 e. The summed E-state index contributed by atoms with van der Waals surface area (Å²) in [5.74, 6) is -1.32. The van der Waals surface area contributed by atoms with E-state index in [1.165, 1.54) is 11.1 Å². The molecule has 176 valence electrons. The molecule has 2 aliphatic rings. The number of carboxylic acids is 1. The topological polar surface area (TPSA) is 130 Å². The third kappa shape index (κ3) is 4.16. The number of sulfonamides is 1. The fourth-order valence-electron chi connectivity index (χ4n) is 4.85. The van der Waals surface area contributed by atoms with Crippen molar-refractivity contribution in [2.45, 2.75) is 50.1 Å². The molecule has 9 nitrogen and oxygen atoms in total. The van der Waals surface area contributed by atoms with Crippen molar-refractivity contribution in [2.75, 3.05) is 5.32 Å². The SMILES string of the molecule is O=C(Nc1c2c(cc3c1CCC3)CCC2)NS(=O)(=O)c1cc(C(=O)O)n(Cc2ccccc2)n1. The zero-order valence-electron chi connectivity index (χ0n) is 18.4. The molecule has 2 amide bonds. The lowest BCUT2D eigenvalue weighted by Gasteiger charge is -2.16. The van der Waals surface area contributed by atoms with Crippen LogP contribution in [0.15, 0.2) is 47.5 Å². The number of aryl methyl sites for hydroxylation is 2. The van der Waals surface area contributed by atoms with Gasteiger partial charge in [0, 0.05) is 11.8 Å². The molecule has 0 saturated carbocycles. The second-order valence-electron chi connectivity index (χ2n) is 8.61. The van der Waals surface area contributed by atoms with Gasteiger partial charge in [-0.3, -0.25) is 4.68 Å². The maximum atomic E-state index is 12.9. The molecular formula is C24H24N4O5S. The number of nitrogens with zero attached hydrogens (tertiary/aromatic N) is 2. The van der Waals surface area contributed by atoms with Crippen molar-refractivity contribution in [1.29, 1.82) is 0 Å². The highest BCUT2D eigenvalue weighted by Gasteiger charge is 2.28. The van der Waals surface area contributed by atoms with Gasteiger partial charge < -0.3 is 10.4 Å². The molecule has 0 radical (unpaired) electrons. The minimum Gasteiger partial charge on any atom is -0.477 e. The molecule has 0 aliphatic heterocycles. The summed E-state index contributed by atoms with van der Waals surface area (Å²) in [5, 5.41) is 15.7. The average Bonchev–Trinajstić information content (AvgIpc) is 3.53. The Hall–Kier alpha value is -3.66. The van der Waals surface area contributed by atoms with E-state index in [4.69, 9.17) is 0 Å². The molecule has 0 unspecified atom stereocenters. The van der Waals surface area contributed by atoms with E-state index in [0.717, 1.165) is 71.7 Å². The van der Waals surface area contributed by atoms with Crippen LogP contribution in [-0.2, 0) is 42.3 Å². The Labute approximate surface area is 196 Å². The minimum absolute atomic E-state index is 0.0759. The first-order chi connectivity index (χ1) is 16.3. The standard InChI is InChI=1S/C24H24N4O5S/c29-23(30)20-13-21(26-28(20)14-15-6-2-1-3-7-15)34(32,33)27-24(31)25-22-18-10-4-8-16(18)12-17-9-5-11-19(17)22/h1-3,6-7,12-13H,4-5,8-11,14H2,(H,29,30)(H2,25,27,31). The number of anilines is 1. The number of benzene rings is 2. The van der Waals surface area contributed by atoms with Crippen LogP contribution in [0.2, 0.25) is 0 Å². The summed E-state index contributed by atoms with van der Waals surface area (Å²) >= 11 is 0. The molecule has 10 heteroatoms. The normalized spacial score (nSPS) is 14.5. The fourth-order valence-corrected chi connectivity index (χ4v) is 5.73. The summed E-state index contributed by atoms with van der Waals surface area (Å²) in [7, 11) is -4.39. The quantitative estimate of drug-likeness (QED) is 0.497. The Morgan fingerprint density at radius 1 is 0.971 bits per heavy atom. The summed E-state index contributed by atoms with van der Waals surface area (Å²) in [5.41, 5.74) is 5.77. The number of rotatable bonds is 6. The summed E-state index contributed by atoms with van der Waals surface area (Å²) in [6, 6.07) is 11.3. The molecule has 0 atom stereocenters. The highest BCUT2D eigenvalue weighted by molar-refractivity contribution is 7.90. The van der Waals surface area contributed by atoms with Crippen molar-refractivity contribution >= 4 is 27.7 Å². The molecule has 2 aliphatic carbocycles. The fraction of sp³-hybridized carbons (Fsp3) is 0.292. The Kier molecular flexibility index (Phi) is 5.60. The predicted molar refractivity (Wildman–Crippen MR) is 125 cm³/mol. The number of carboxylic acid groups (broad SMARTS) is 1. The van der Waals surface area contributed by atoms with Crippen LogP contribution in [0.3, 0.4) is 0 Å². The number of carbonyl (C=O) groups is 2. The van der Waals surface area contributed by atoms with E-state index in [1.807, 2.05) is 10.8 Å².